The summed E-state index contributed by atoms with van der Waals surface area (Å²) < 4.78 is 6.76. The number of H-pyrrole nitrogens is 1. The van der Waals surface area contributed by atoms with Crippen LogP contribution in [0.1, 0.15) is 49.1 Å². The number of aromatic amines is 1. The molecule has 0 amide bonds. The molecule has 2 heterocycles. The van der Waals surface area contributed by atoms with E-state index in [9.17, 15) is 5.21 Å². The number of imidazole rings is 1. The number of rotatable bonds is 8. The Morgan fingerprint density at radius 1 is 1.27 bits per heavy atom. The van der Waals surface area contributed by atoms with Gasteiger partial charge >= 0.3 is 0 Å². The number of nitrogens with zero attached hydrogens (tertiary/aromatic N) is 2. The van der Waals surface area contributed by atoms with Gasteiger partial charge in [0.15, 0.2) is 11.9 Å². The van der Waals surface area contributed by atoms with Crippen LogP contribution in [0.15, 0.2) is 55.1 Å². The first-order chi connectivity index (χ1) is 12.7. The molecule has 0 saturated heterocycles. The number of nitrogens with one attached hydrogen (secondary N) is 1. The van der Waals surface area contributed by atoms with Crippen LogP contribution in [-0.2, 0) is 6.61 Å². The van der Waals surface area contributed by atoms with E-state index in [2.05, 4.69) is 16.9 Å². The first-order valence-corrected chi connectivity index (χ1v) is 9.14. The number of halogens is 1. The summed E-state index contributed by atoms with van der Waals surface area (Å²) in [5.74, 6) is 1.53. The van der Waals surface area contributed by atoms with Crippen molar-refractivity contribution in [3.63, 3.8) is 0 Å². The molecule has 0 saturated carbocycles. The van der Waals surface area contributed by atoms with Crippen LogP contribution >= 0.6 is 11.6 Å². The number of pyridine rings is 1. The zero-order valence-electron chi connectivity index (χ0n) is 14.7. The Balaban J connectivity index is 1.86. The minimum absolute atomic E-state index is 0.0615. The van der Waals surface area contributed by atoms with E-state index in [0.717, 1.165) is 40.9 Å². The Bertz CT molecular complexity index is 820. The third kappa shape index (κ3) is 4.55. The lowest BCUT2D eigenvalue weighted by Gasteiger charge is -2.18. The molecule has 0 bridgehead atoms. The van der Waals surface area contributed by atoms with Crippen molar-refractivity contribution in [3.8, 4) is 5.75 Å². The highest BCUT2D eigenvalue weighted by molar-refractivity contribution is 6.30. The van der Waals surface area contributed by atoms with Crippen LogP contribution in [0.2, 0.25) is 5.02 Å². The van der Waals surface area contributed by atoms with E-state index in [0.29, 0.717) is 17.4 Å². The van der Waals surface area contributed by atoms with Crippen LogP contribution in [0.4, 0.5) is 0 Å². The second-order valence-corrected chi connectivity index (χ2v) is 6.65. The van der Waals surface area contributed by atoms with E-state index < -0.39 is 0 Å². The molecule has 0 aliphatic heterocycles. The predicted octanol–water partition coefficient (Wildman–Crippen LogP) is 4.60. The number of hydrogen-bond acceptors (Lipinski definition) is 3. The van der Waals surface area contributed by atoms with Crippen molar-refractivity contribution in [2.45, 2.75) is 38.7 Å². The van der Waals surface area contributed by atoms with E-state index in [1.807, 2.05) is 36.5 Å². The van der Waals surface area contributed by atoms with Gasteiger partial charge in [0.1, 0.15) is 12.4 Å². The number of ether oxygens (including phenoxy) is 1. The normalized spacial score (nSPS) is 12.1. The van der Waals surface area contributed by atoms with Crippen LogP contribution < -0.4 is 9.47 Å². The maximum Gasteiger partial charge on any atom is 0.222 e. The highest BCUT2D eigenvalue weighted by Crippen LogP contribution is 2.33. The molecule has 5 nitrogen and oxygen atoms in total. The fraction of sp³-hybridized carbons (Fsp3) is 0.300. The average Bonchev–Trinajstić information content (AvgIpc) is 3.17. The molecular weight excluding hydrogens is 350 g/mol. The van der Waals surface area contributed by atoms with Gasteiger partial charge in [-0.15, -0.1) is 0 Å². The minimum Gasteiger partial charge on any atom is -0.619 e. The van der Waals surface area contributed by atoms with Gasteiger partial charge in [-0.05, 0) is 24.1 Å². The van der Waals surface area contributed by atoms with Crippen LogP contribution in [-0.4, -0.2) is 9.97 Å². The van der Waals surface area contributed by atoms with Crippen molar-refractivity contribution in [2.24, 2.45) is 0 Å². The summed E-state index contributed by atoms with van der Waals surface area (Å²) in [6.07, 6.45) is 9.64. The maximum atomic E-state index is 11.8. The molecule has 2 aromatic heterocycles. The summed E-state index contributed by atoms with van der Waals surface area (Å²) >= 11 is 5.93. The average molecular weight is 372 g/mol. The van der Waals surface area contributed by atoms with Crippen LogP contribution in [0.3, 0.4) is 0 Å². The van der Waals surface area contributed by atoms with Gasteiger partial charge in [0, 0.05) is 35.0 Å². The predicted molar refractivity (Wildman–Crippen MR) is 101 cm³/mol. The minimum atomic E-state index is 0.0615. The van der Waals surface area contributed by atoms with E-state index in [-0.39, 0.29) is 5.92 Å². The van der Waals surface area contributed by atoms with Gasteiger partial charge in [-0.25, -0.2) is 4.98 Å². The summed E-state index contributed by atoms with van der Waals surface area (Å²) in [6.45, 7) is 2.53. The van der Waals surface area contributed by atoms with Crippen LogP contribution in [0, 0.1) is 5.21 Å². The third-order valence-electron chi connectivity index (χ3n) is 4.31. The monoisotopic (exact) mass is 371 g/mol. The number of benzene rings is 1. The van der Waals surface area contributed by atoms with E-state index in [1.165, 1.54) is 12.4 Å². The Kier molecular flexibility index (Phi) is 6.12. The van der Waals surface area contributed by atoms with Crippen molar-refractivity contribution >= 4 is 11.6 Å². The highest BCUT2D eigenvalue weighted by Gasteiger charge is 2.22. The standard InChI is InChI=1S/C20H22ClN3O2/c1-2-3-4-18(20-22-10-11-23-20)17-9-12-24(25)13-19(17)26-14-15-5-7-16(21)8-6-15/h5-13,18H,2-4,14H2,1H3,(H,22,23). The first kappa shape index (κ1) is 18.3. The lowest BCUT2D eigenvalue weighted by Crippen LogP contribution is -2.25. The van der Waals surface area contributed by atoms with Gasteiger partial charge in [0.2, 0.25) is 6.20 Å². The number of unbranched alkanes of at least 4 members (excludes halogenated alkanes) is 1. The fourth-order valence-corrected chi connectivity index (χ4v) is 3.06. The van der Waals surface area contributed by atoms with E-state index in [4.69, 9.17) is 16.3 Å². The molecule has 136 valence electrons. The summed E-state index contributed by atoms with van der Waals surface area (Å²) in [5.41, 5.74) is 1.96. The molecule has 1 aromatic carbocycles. The third-order valence-corrected chi connectivity index (χ3v) is 4.56. The largest absolute Gasteiger partial charge is 0.619 e. The van der Waals surface area contributed by atoms with Gasteiger partial charge in [-0.1, -0.05) is 43.5 Å². The van der Waals surface area contributed by atoms with Gasteiger partial charge in [0.25, 0.3) is 0 Å². The van der Waals surface area contributed by atoms with Crippen molar-refractivity contribution < 1.29 is 9.47 Å². The molecule has 6 heteroatoms. The molecule has 0 aliphatic rings. The summed E-state index contributed by atoms with van der Waals surface area (Å²) in [6, 6.07) is 9.31. The van der Waals surface area contributed by atoms with Crippen molar-refractivity contribution in [2.75, 3.05) is 0 Å². The quantitative estimate of drug-likeness (QED) is 0.465. The maximum absolute atomic E-state index is 11.8. The van der Waals surface area contributed by atoms with Gasteiger partial charge in [-0.2, -0.15) is 4.73 Å². The molecule has 1 unspecified atom stereocenters. The summed E-state index contributed by atoms with van der Waals surface area (Å²) in [7, 11) is 0. The molecule has 0 spiro atoms. The van der Waals surface area contributed by atoms with Crippen molar-refractivity contribution in [3.05, 3.63) is 82.3 Å². The zero-order chi connectivity index (χ0) is 18.4. The van der Waals surface area contributed by atoms with Crippen LogP contribution in [0.25, 0.3) is 0 Å². The van der Waals surface area contributed by atoms with Crippen molar-refractivity contribution in [1.29, 1.82) is 0 Å². The molecule has 0 aliphatic carbocycles. The second kappa shape index (κ2) is 8.72. The summed E-state index contributed by atoms with van der Waals surface area (Å²) in [5, 5.41) is 12.5. The Labute approximate surface area is 158 Å². The van der Waals surface area contributed by atoms with Crippen molar-refractivity contribution in [1.82, 2.24) is 9.97 Å². The fourth-order valence-electron chi connectivity index (χ4n) is 2.94. The molecule has 3 rings (SSSR count). The smallest absolute Gasteiger partial charge is 0.222 e. The number of aromatic nitrogens is 3. The molecule has 0 fully saturated rings. The second-order valence-electron chi connectivity index (χ2n) is 6.21. The Hall–Kier alpha value is -2.53. The molecule has 0 radical (unpaired) electrons. The first-order valence-electron chi connectivity index (χ1n) is 8.76. The highest BCUT2D eigenvalue weighted by atomic mass is 35.5. The molecule has 1 atom stereocenters. The molecule has 3 aromatic rings. The van der Waals surface area contributed by atoms with Gasteiger partial charge < -0.3 is 14.9 Å². The SMILES string of the molecule is CCCCC(c1ncc[nH]1)c1cc[n+]([O-])cc1OCc1ccc(Cl)cc1. The van der Waals surface area contributed by atoms with E-state index in [1.54, 1.807) is 6.20 Å². The topological polar surface area (TPSA) is 64.9 Å². The lowest BCUT2D eigenvalue weighted by molar-refractivity contribution is -0.605. The molecule has 26 heavy (non-hydrogen) atoms. The lowest BCUT2D eigenvalue weighted by atomic mass is 9.93. The molecule has 1 N–H and O–H groups in total. The Morgan fingerprint density at radius 2 is 2.08 bits per heavy atom. The molecular formula is C20H22ClN3O2. The Morgan fingerprint density at radius 3 is 2.77 bits per heavy atom. The summed E-state index contributed by atoms with van der Waals surface area (Å²) in [4.78, 5) is 7.63. The van der Waals surface area contributed by atoms with Gasteiger partial charge in [-0.3, -0.25) is 0 Å². The zero-order valence-corrected chi connectivity index (χ0v) is 15.4. The van der Waals surface area contributed by atoms with Gasteiger partial charge in [0.05, 0.1) is 0 Å². The van der Waals surface area contributed by atoms with Crippen LogP contribution in [0.5, 0.6) is 5.75 Å². The van der Waals surface area contributed by atoms with E-state index >= 15 is 0 Å². The number of hydrogen-bond donors (Lipinski definition) is 1.